The third-order valence-corrected chi connectivity index (χ3v) is 9.76. The fourth-order valence-corrected chi connectivity index (χ4v) is 6.92. The molecule has 0 bridgehead atoms. The smallest absolute Gasteiger partial charge is 0.330 e. The number of ether oxygens (including phenoxy) is 2. The fourth-order valence-electron chi connectivity index (χ4n) is 4.76. The number of rotatable bonds is 16. The normalized spacial score (nSPS) is 24.3. The number of carbonyl (C=O) groups excluding carboxylic acids is 2. The van der Waals surface area contributed by atoms with Gasteiger partial charge in [0, 0.05) is 17.9 Å². The molecule has 3 aliphatic rings. The number of aromatic nitrogens is 1. The summed E-state index contributed by atoms with van der Waals surface area (Å²) >= 11 is 0. The van der Waals surface area contributed by atoms with Crippen molar-refractivity contribution in [1.29, 1.82) is 0 Å². The largest absolute Gasteiger partial charge is 0.463 e. The van der Waals surface area contributed by atoms with Crippen molar-refractivity contribution in [1.82, 2.24) is 4.98 Å². The summed E-state index contributed by atoms with van der Waals surface area (Å²) in [7, 11) is 2.95. The maximum Gasteiger partial charge on any atom is 0.330 e. The van der Waals surface area contributed by atoms with Gasteiger partial charge in [-0.05, 0) is 45.4 Å². The molecular weight excluding hydrogens is 596 g/mol. The van der Waals surface area contributed by atoms with Crippen LogP contribution < -0.4 is 10.9 Å². The minimum absolute atomic E-state index is 0.0577. The molecule has 6 atom stereocenters. The van der Waals surface area contributed by atoms with Gasteiger partial charge in [-0.2, -0.15) is 0 Å². The lowest BCUT2D eigenvalue weighted by Crippen LogP contribution is -2.61. The number of aliphatic hydroxyl groups is 4. The Morgan fingerprint density at radius 3 is 2.70 bits per heavy atom. The molecule has 240 valence electrons. The second-order valence-corrected chi connectivity index (χ2v) is 13.5. The number of aromatic amines is 1. The molecule has 0 aromatic rings. The zero-order valence-corrected chi connectivity index (χ0v) is 26.5. The van der Waals surface area contributed by atoms with Crippen molar-refractivity contribution in [3.8, 4) is 10.6 Å². The van der Waals surface area contributed by atoms with Crippen molar-refractivity contribution in [3.63, 3.8) is 0 Å². The maximum atomic E-state index is 12.2. The first-order valence-electron chi connectivity index (χ1n) is 14.7. The van der Waals surface area contributed by atoms with Crippen molar-refractivity contribution >= 4 is 38.2 Å². The van der Waals surface area contributed by atoms with E-state index in [0.29, 0.717) is 30.5 Å². The quantitative estimate of drug-likeness (QED) is 0.0526. The van der Waals surface area contributed by atoms with E-state index in [1.54, 1.807) is 26.0 Å². The highest BCUT2D eigenvalue weighted by Crippen LogP contribution is 2.35. The van der Waals surface area contributed by atoms with Crippen molar-refractivity contribution in [2.24, 2.45) is 5.92 Å². The minimum Gasteiger partial charge on any atom is -0.463 e. The van der Waals surface area contributed by atoms with Crippen LogP contribution in [0.3, 0.4) is 0 Å². The van der Waals surface area contributed by atoms with E-state index < -0.39 is 36.0 Å². The van der Waals surface area contributed by atoms with Gasteiger partial charge >= 0.3 is 5.97 Å². The second-order valence-electron chi connectivity index (χ2n) is 11.4. The lowest BCUT2D eigenvalue weighted by Gasteiger charge is -2.43. The number of H-pyrrole nitrogens is 1. The zero-order chi connectivity index (χ0) is 31.6. The molecule has 1 unspecified atom stereocenters. The Labute approximate surface area is 259 Å². The molecule has 0 aliphatic carbocycles. The first kappa shape index (κ1) is 35.1. The Morgan fingerprint density at radius 1 is 1.23 bits per heavy atom. The van der Waals surface area contributed by atoms with E-state index in [9.17, 15) is 34.8 Å². The van der Waals surface area contributed by atoms with E-state index in [2.05, 4.69) is 10.3 Å². The van der Waals surface area contributed by atoms with Gasteiger partial charge in [-0.3, -0.25) is 9.59 Å². The number of esters is 1. The number of hydrogen-bond donors (Lipinski definition) is 6. The lowest BCUT2D eigenvalue weighted by molar-refractivity contribution is -0.232. The predicted molar refractivity (Wildman–Crippen MR) is 166 cm³/mol. The highest BCUT2D eigenvalue weighted by Gasteiger charge is 2.47. The number of hydrogen-bond acceptors (Lipinski definition) is 11. The average Bonchev–Trinajstić information content (AvgIpc) is 3.52. The molecule has 1 amide bonds. The van der Waals surface area contributed by atoms with E-state index >= 15 is 0 Å². The third-order valence-electron chi connectivity index (χ3n) is 7.66. The number of anilines is 1. The van der Waals surface area contributed by atoms with Crippen LogP contribution in [0.5, 0.6) is 0 Å². The number of fused-ring (bicyclic) bond motifs is 1. The van der Waals surface area contributed by atoms with Crippen LogP contribution in [0.4, 0.5) is 5.69 Å². The summed E-state index contributed by atoms with van der Waals surface area (Å²) in [6, 6.07) is 0. The summed E-state index contributed by atoms with van der Waals surface area (Å²) in [5.41, 5.74) is -0.252. The Morgan fingerprint density at radius 2 is 1.95 bits per heavy atom. The van der Waals surface area contributed by atoms with Crippen LogP contribution in [0, 0.1) is 5.92 Å². The highest BCUT2D eigenvalue weighted by molar-refractivity contribution is 7.70. The van der Waals surface area contributed by atoms with Gasteiger partial charge in [0.2, 0.25) is 5.91 Å². The van der Waals surface area contributed by atoms with Gasteiger partial charge in [-0.15, -0.1) is 0 Å². The van der Waals surface area contributed by atoms with Gasteiger partial charge in [-0.1, -0.05) is 64.6 Å². The summed E-state index contributed by atoms with van der Waals surface area (Å²) in [4.78, 5) is 39.9. The predicted octanol–water partition coefficient (Wildman–Crippen LogP) is 3.58. The van der Waals surface area contributed by atoms with Crippen molar-refractivity contribution in [3.05, 3.63) is 39.5 Å². The Kier molecular flexibility index (Phi) is 13.6. The summed E-state index contributed by atoms with van der Waals surface area (Å²) in [6.07, 6.45) is 5.15. The zero-order valence-electron chi connectivity index (χ0n) is 24.9. The van der Waals surface area contributed by atoms with Crippen molar-refractivity contribution < 1.29 is 39.5 Å². The van der Waals surface area contributed by atoms with Gasteiger partial charge in [0.1, 0.15) is 23.5 Å². The van der Waals surface area contributed by atoms with Crippen LogP contribution in [0.1, 0.15) is 72.1 Å². The molecular formula is C30H44N2O9S2. The van der Waals surface area contributed by atoms with Crippen LogP contribution in [-0.2, 0) is 19.1 Å². The molecule has 3 rings (SSSR count). The molecule has 0 aromatic heterocycles. The van der Waals surface area contributed by atoms with Crippen LogP contribution >= 0.6 is 20.7 Å². The Hall–Kier alpha value is -2.39. The van der Waals surface area contributed by atoms with Crippen LogP contribution in [0.25, 0.3) is 10.6 Å². The molecule has 0 saturated carbocycles. The molecule has 0 radical (unpaired) electrons. The summed E-state index contributed by atoms with van der Waals surface area (Å²) < 4.78 is 10.9. The molecule has 3 heterocycles. The fraction of sp³-hybridized carbons (Fsp3) is 0.633. The molecule has 0 spiro atoms. The molecule has 1 fully saturated rings. The van der Waals surface area contributed by atoms with Gasteiger partial charge < -0.3 is 40.2 Å². The molecule has 1 saturated heterocycles. The number of unbranched alkanes of at least 4 members (excludes halogenated alkanes) is 4. The minimum atomic E-state index is -1.66. The third kappa shape index (κ3) is 10.3. The van der Waals surface area contributed by atoms with Gasteiger partial charge in [-0.25, -0.2) is 4.79 Å². The highest BCUT2D eigenvalue weighted by atomic mass is 32.9. The van der Waals surface area contributed by atoms with Gasteiger partial charge in [0.05, 0.1) is 36.0 Å². The average molecular weight is 641 g/mol. The molecule has 43 heavy (non-hydrogen) atoms. The summed E-state index contributed by atoms with van der Waals surface area (Å²) in [5, 5.41) is 46.1. The second kappa shape index (κ2) is 16.6. The molecule has 0 aromatic carbocycles. The summed E-state index contributed by atoms with van der Waals surface area (Å²) in [5.74, 6) is -0.804. The molecule has 3 aliphatic heterocycles. The maximum absolute atomic E-state index is 12.2. The van der Waals surface area contributed by atoms with E-state index in [1.165, 1.54) is 26.8 Å². The van der Waals surface area contributed by atoms with Crippen molar-refractivity contribution in [2.45, 2.75) is 102 Å². The standard InChI is InChI=1S/C30H44N2O9S2/c1-18(14-22-26(36)28(37)30(39,17-41-22)12-9-10-19(2)20(3)33)15-24(35)40-13-8-6-4-5-7-11-23(34)32-25-27-21(16-42-43-27)31-29(25)38/h9-10,15-16,19-20,22,26,28,33,36-37,39H,4-8,11-14,17H2,1-3H3,(H,31,38)(H,32,34)/b10-9+,18-15+/t19-,20+,22+,26?,28+,30-/m1/s1. The molecule has 13 heteroatoms. The first-order valence-corrected chi connectivity index (χ1v) is 16.9. The van der Waals surface area contributed by atoms with Gasteiger partial charge in [0.15, 0.2) is 0 Å². The lowest BCUT2D eigenvalue weighted by atomic mass is 9.83. The van der Waals surface area contributed by atoms with Crippen LogP contribution in [0.15, 0.2) is 34.0 Å². The van der Waals surface area contributed by atoms with E-state index in [0.717, 1.165) is 29.8 Å². The number of amides is 1. The first-order chi connectivity index (χ1) is 20.4. The van der Waals surface area contributed by atoms with Crippen LogP contribution in [0.2, 0.25) is 0 Å². The number of nitrogens with one attached hydrogen (secondary N) is 2. The van der Waals surface area contributed by atoms with E-state index in [4.69, 9.17) is 9.47 Å². The summed E-state index contributed by atoms with van der Waals surface area (Å²) in [6.45, 7) is 5.28. The monoisotopic (exact) mass is 640 g/mol. The van der Waals surface area contributed by atoms with Crippen molar-refractivity contribution in [2.75, 3.05) is 18.5 Å². The van der Waals surface area contributed by atoms with Crippen LogP contribution in [-0.4, -0.2) is 80.5 Å². The van der Waals surface area contributed by atoms with E-state index in [1.807, 2.05) is 12.3 Å². The number of aliphatic hydroxyl groups excluding tert-OH is 3. The SMILES string of the molecule is C/C(=C\C(=O)OCCCCCCCC(=O)Nc1c2sscc-2[nH]c1=O)C[C@@H]1OC[C@](O)(C/C=C/[C@@H](C)[C@H](C)O)[C@@H](O)C1O. The molecule has 11 nitrogen and oxygen atoms in total. The topological polar surface area (TPSA) is 178 Å². The Balaban J connectivity index is 1.27. The van der Waals surface area contributed by atoms with Gasteiger partial charge in [0.25, 0.3) is 5.56 Å². The Bertz CT molecular complexity index is 1270. The van der Waals surface area contributed by atoms with E-state index in [-0.39, 0.29) is 43.4 Å². The molecule has 6 N–H and O–H groups in total. The number of carbonyl (C=O) groups is 2.